The maximum atomic E-state index is 13.5. The first-order valence-electron chi connectivity index (χ1n) is 11.9. The van der Waals surface area contributed by atoms with Gasteiger partial charge in [0.05, 0.1) is 11.3 Å². The average molecular weight is 490 g/mol. The fraction of sp³-hybridized carbons (Fsp3) is 0.520. The molecule has 1 unspecified atom stereocenters. The summed E-state index contributed by atoms with van der Waals surface area (Å²) >= 11 is 1.90. The lowest BCUT2D eigenvalue weighted by Gasteiger charge is -2.37. The highest BCUT2D eigenvalue weighted by molar-refractivity contribution is 7.97. The van der Waals surface area contributed by atoms with Gasteiger partial charge in [-0.05, 0) is 50.5 Å². The number of aromatic nitrogens is 2. The van der Waals surface area contributed by atoms with Crippen LogP contribution in [-0.2, 0) is 11.4 Å². The van der Waals surface area contributed by atoms with Gasteiger partial charge in [0.1, 0.15) is 18.3 Å². The third-order valence-corrected chi connectivity index (χ3v) is 7.38. The van der Waals surface area contributed by atoms with Crippen LogP contribution in [0.1, 0.15) is 38.8 Å². The molecule has 1 N–H and O–H groups in total. The van der Waals surface area contributed by atoms with Crippen LogP contribution in [0.4, 0.5) is 26.2 Å². The maximum Gasteiger partial charge on any atom is 0.227 e. The quantitative estimate of drug-likeness (QED) is 0.369. The highest BCUT2D eigenvalue weighted by atomic mass is 32.2. The van der Waals surface area contributed by atoms with Crippen LogP contribution in [0.3, 0.4) is 0 Å². The second-order valence-electron chi connectivity index (χ2n) is 8.93. The summed E-state index contributed by atoms with van der Waals surface area (Å²) in [6.45, 7) is 7.73. The number of hydrogen-bond donors (Lipinski definition) is 1. The van der Waals surface area contributed by atoms with Crippen LogP contribution in [0, 0.1) is 5.82 Å². The number of anilines is 3. The fourth-order valence-corrected chi connectivity index (χ4v) is 5.22. The molecule has 0 spiro atoms. The molecular formula is C25H33F2N5OS. The van der Waals surface area contributed by atoms with Crippen molar-refractivity contribution in [2.45, 2.75) is 50.6 Å². The second kappa shape index (κ2) is 11.5. The standard InChI is InChI=1S/C25H33F2N5OS/c1-3-16-33-25(2)10-8-22(9-11-25)34-32-14-12-31(13-15-32)24-29-21(18-26)17-23(30-24)28-20-6-4-19(27)5-7-20/h4-8,10,17,22H,3,9,11-16,18H2,1-2H3,(H,28,29,30)/t22?,25-/m1/s1. The number of nitrogens with one attached hydrogen (secondary N) is 1. The fourth-order valence-electron chi connectivity index (χ4n) is 4.09. The van der Waals surface area contributed by atoms with E-state index in [1.165, 1.54) is 12.1 Å². The summed E-state index contributed by atoms with van der Waals surface area (Å²) in [6.07, 6.45) is 7.69. The van der Waals surface area contributed by atoms with E-state index in [0.717, 1.165) is 52.0 Å². The van der Waals surface area contributed by atoms with Crippen molar-refractivity contribution in [2.75, 3.05) is 43.0 Å². The molecule has 1 saturated heterocycles. The number of hydrogen-bond acceptors (Lipinski definition) is 7. The monoisotopic (exact) mass is 489 g/mol. The Morgan fingerprint density at radius 2 is 1.94 bits per heavy atom. The SMILES string of the molecule is CCCO[C@]1(C)C=CC(SN2CCN(c3nc(CF)cc(Nc4ccc(F)cc4)n3)CC2)CC1. The van der Waals surface area contributed by atoms with Crippen molar-refractivity contribution in [2.24, 2.45) is 0 Å². The summed E-state index contributed by atoms with van der Waals surface area (Å²) in [6, 6.07) is 7.59. The maximum absolute atomic E-state index is 13.5. The van der Waals surface area contributed by atoms with Crippen LogP contribution in [0.15, 0.2) is 42.5 Å². The Bertz CT molecular complexity index is 968. The van der Waals surface area contributed by atoms with Gasteiger partial charge in [0, 0.05) is 49.8 Å². The van der Waals surface area contributed by atoms with Gasteiger partial charge in [-0.25, -0.2) is 18.1 Å². The minimum Gasteiger partial charge on any atom is -0.371 e. The molecule has 1 aliphatic carbocycles. The summed E-state index contributed by atoms with van der Waals surface area (Å²) < 4.78 is 35.1. The summed E-state index contributed by atoms with van der Waals surface area (Å²) in [5.74, 6) is 0.712. The van der Waals surface area contributed by atoms with Crippen molar-refractivity contribution in [3.63, 3.8) is 0 Å². The molecule has 1 aromatic carbocycles. The number of nitrogens with zero attached hydrogens (tertiary/aromatic N) is 4. The zero-order valence-corrected chi connectivity index (χ0v) is 20.7. The minimum absolute atomic E-state index is 0.135. The van der Waals surface area contributed by atoms with E-state index in [2.05, 4.69) is 50.5 Å². The number of rotatable bonds is 9. The van der Waals surface area contributed by atoms with E-state index in [1.54, 1.807) is 18.2 Å². The van der Waals surface area contributed by atoms with Gasteiger partial charge in [0.15, 0.2) is 0 Å². The predicted octanol–water partition coefficient (Wildman–Crippen LogP) is 5.50. The van der Waals surface area contributed by atoms with Crippen LogP contribution in [0.5, 0.6) is 0 Å². The molecule has 1 aromatic heterocycles. The van der Waals surface area contributed by atoms with Crippen LogP contribution in [0.25, 0.3) is 0 Å². The Morgan fingerprint density at radius 3 is 2.59 bits per heavy atom. The van der Waals surface area contributed by atoms with Crippen molar-refractivity contribution >= 4 is 29.4 Å². The van der Waals surface area contributed by atoms with Crippen molar-refractivity contribution in [1.82, 2.24) is 14.3 Å². The lowest BCUT2D eigenvalue weighted by Crippen LogP contribution is -2.45. The Balaban J connectivity index is 1.33. The van der Waals surface area contributed by atoms with Gasteiger partial charge in [-0.1, -0.05) is 31.0 Å². The third kappa shape index (κ3) is 6.67. The van der Waals surface area contributed by atoms with Gasteiger partial charge in [-0.3, -0.25) is 0 Å². The van der Waals surface area contributed by atoms with Crippen molar-refractivity contribution in [3.8, 4) is 0 Å². The Morgan fingerprint density at radius 1 is 1.18 bits per heavy atom. The molecule has 2 heterocycles. The summed E-state index contributed by atoms with van der Waals surface area (Å²) in [7, 11) is 0. The summed E-state index contributed by atoms with van der Waals surface area (Å²) in [4.78, 5) is 11.1. The Hall–Kier alpha value is -2.23. The Kier molecular flexibility index (Phi) is 8.39. The first-order chi connectivity index (χ1) is 16.5. The van der Waals surface area contributed by atoms with Crippen molar-refractivity contribution < 1.29 is 13.5 Å². The molecule has 6 nitrogen and oxygen atoms in total. The molecule has 34 heavy (non-hydrogen) atoms. The zero-order chi connectivity index (χ0) is 24.0. The van der Waals surface area contributed by atoms with E-state index in [0.29, 0.717) is 28.4 Å². The van der Waals surface area contributed by atoms with Crippen LogP contribution >= 0.6 is 11.9 Å². The molecule has 1 aliphatic heterocycles. The van der Waals surface area contributed by atoms with E-state index >= 15 is 0 Å². The smallest absolute Gasteiger partial charge is 0.227 e. The van der Waals surface area contributed by atoms with Gasteiger partial charge in [-0.15, -0.1) is 0 Å². The first-order valence-corrected chi connectivity index (χ1v) is 12.8. The van der Waals surface area contributed by atoms with Gasteiger partial charge >= 0.3 is 0 Å². The highest BCUT2D eigenvalue weighted by Crippen LogP contribution is 2.33. The molecule has 9 heteroatoms. The van der Waals surface area contributed by atoms with Gasteiger partial charge < -0.3 is 15.0 Å². The van der Waals surface area contributed by atoms with E-state index in [9.17, 15) is 8.78 Å². The van der Waals surface area contributed by atoms with Crippen LogP contribution in [-0.4, -0.2) is 57.9 Å². The number of halogens is 2. The summed E-state index contributed by atoms with van der Waals surface area (Å²) in [5.41, 5.74) is 0.880. The summed E-state index contributed by atoms with van der Waals surface area (Å²) in [5, 5.41) is 3.58. The van der Waals surface area contributed by atoms with Gasteiger partial charge in [0.25, 0.3) is 0 Å². The molecule has 2 aliphatic rings. The molecule has 0 amide bonds. The lowest BCUT2D eigenvalue weighted by atomic mass is 9.92. The first kappa shape index (κ1) is 24.9. The number of benzene rings is 1. The molecule has 0 bridgehead atoms. The number of piperazine rings is 1. The van der Waals surface area contributed by atoms with E-state index in [-0.39, 0.29) is 11.4 Å². The molecule has 0 saturated carbocycles. The minimum atomic E-state index is -0.668. The predicted molar refractivity (Wildman–Crippen MR) is 135 cm³/mol. The lowest BCUT2D eigenvalue weighted by molar-refractivity contribution is -0.00401. The van der Waals surface area contributed by atoms with E-state index < -0.39 is 6.67 Å². The topological polar surface area (TPSA) is 53.5 Å². The number of alkyl halides is 1. The molecule has 184 valence electrons. The molecule has 1 fully saturated rings. The molecule has 0 radical (unpaired) electrons. The van der Waals surface area contributed by atoms with Crippen LogP contribution in [0.2, 0.25) is 0 Å². The zero-order valence-electron chi connectivity index (χ0n) is 19.8. The number of ether oxygens (including phenoxy) is 1. The van der Waals surface area contributed by atoms with Crippen molar-refractivity contribution in [3.05, 3.63) is 54.0 Å². The largest absolute Gasteiger partial charge is 0.371 e. The molecule has 2 atom stereocenters. The highest BCUT2D eigenvalue weighted by Gasteiger charge is 2.29. The van der Waals surface area contributed by atoms with Gasteiger partial charge in [-0.2, -0.15) is 4.98 Å². The second-order valence-corrected chi connectivity index (χ2v) is 10.3. The molecular weight excluding hydrogens is 456 g/mol. The van der Waals surface area contributed by atoms with E-state index in [1.807, 2.05) is 11.9 Å². The Labute approximate surface area is 204 Å². The van der Waals surface area contributed by atoms with E-state index in [4.69, 9.17) is 4.74 Å². The third-order valence-electron chi connectivity index (χ3n) is 6.05. The van der Waals surface area contributed by atoms with Gasteiger partial charge in [0.2, 0.25) is 5.95 Å². The van der Waals surface area contributed by atoms with Crippen LogP contribution < -0.4 is 10.2 Å². The van der Waals surface area contributed by atoms with Crippen molar-refractivity contribution in [1.29, 1.82) is 0 Å². The average Bonchev–Trinajstić information content (AvgIpc) is 2.86. The normalized spacial score (nSPS) is 23.3. The molecule has 4 rings (SSSR count). The molecule has 2 aromatic rings.